The summed E-state index contributed by atoms with van der Waals surface area (Å²) in [6, 6.07) is 6.79. The highest BCUT2D eigenvalue weighted by molar-refractivity contribution is 6.10. The number of rotatable bonds is 3. The number of nitrogens with one attached hydrogen (secondary N) is 1. The average Bonchev–Trinajstić information content (AvgIpc) is 2.46. The molecule has 0 aliphatic carbocycles. The molecule has 1 aromatic rings. The third-order valence-electron chi connectivity index (χ3n) is 3.16. The molecule has 1 aliphatic rings. The number of fused-ring (bicyclic) bond motifs is 1. The Bertz CT molecular complexity index is 471. The molecule has 2 rings (SSSR count). The maximum atomic E-state index is 12.3. The van der Waals surface area contributed by atoms with Crippen molar-refractivity contribution in [3.05, 3.63) is 29.8 Å². The van der Waals surface area contributed by atoms with Crippen molar-refractivity contribution in [2.24, 2.45) is 0 Å². The fourth-order valence-electron chi connectivity index (χ4n) is 2.14. The lowest BCUT2D eigenvalue weighted by molar-refractivity contribution is -0.120. The molecule has 96 valence electrons. The van der Waals surface area contributed by atoms with Gasteiger partial charge < -0.3 is 10.2 Å². The molecule has 4 nitrogen and oxygen atoms in total. The summed E-state index contributed by atoms with van der Waals surface area (Å²) in [5.41, 5.74) is 1.30. The van der Waals surface area contributed by atoms with Gasteiger partial charge in [-0.15, -0.1) is 0 Å². The van der Waals surface area contributed by atoms with E-state index in [-0.39, 0.29) is 11.8 Å². The van der Waals surface area contributed by atoms with Gasteiger partial charge in [0.15, 0.2) is 0 Å². The minimum atomic E-state index is -0.471. The summed E-state index contributed by atoms with van der Waals surface area (Å²) >= 11 is 0. The van der Waals surface area contributed by atoms with Crippen LogP contribution in [0, 0.1) is 0 Å². The van der Waals surface area contributed by atoms with Crippen LogP contribution >= 0.6 is 0 Å². The van der Waals surface area contributed by atoms with Gasteiger partial charge in [-0.2, -0.15) is 0 Å². The van der Waals surface area contributed by atoms with Crippen LogP contribution in [0.3, 0.4) is 0 Å². The van der Waals surface area contributed by atoms with E-state index in [9.17, 15) is 9.59 Å². The fraction of sp³-hybridized carbons (Fsp3) is 0.429. The van der Waals surface area contributed by atoms with Crippen LogP contribution in [0.25, 0.3) is 0 Å². The van der Waals surface area contributed by atoms with E-state index in [0.717, 1.165) is 18.5 Å². The Kier molecular flexibility index (Phi) is 3.65. The molecule has 2 amide bonds. The first-order chi connectivity index (χ1) is 8.65. The van der Waals surface area contributed by atoms with E-state index < -0.39 is 6.04 Å². The van der Waals surface area contributed by atoms with Gasteiger partial charge in [0.2, 0.25) is 5.91 Å². The van der Waals surface area contributed by atoms with Crippen LogP contribution in [0.4, 0.5) is 5.69 Å². The fourth-order valence-corrected chi connectivity index (χ4v) is 2.14. The SMILES string of the molecule is CCCCN1C(=O)C(C)NC(=O)c2ccccc21. The zero-order valence-electron chi connectivity index (χ0n) is 10.8. The topological polar surface area (TPSA) is 49.4 Å². The standard InChI is InChI=1S/C14H18N2O2/c1-3-4-9-16-12-8-6-5-7-11(12)13(17)15-10(2)14(16)18/h5-8,10H,3-4,9H2,1-2H3,(H,15,17). The number of anilines is 1. The van der Waals surface area contributed by atoms with Gasteiger partial charge in [-0.1, -0.05) is 25.5 Å². The van der Waals surface area contributed by atoms with Gasteiger partial charge in [0, 0.05) is 6.54 Å². The Morgan fingerprint density at radius 3 is 2.72 bits per heavy atom. The number of carbonyl (C=O) groups excluding carboxylic acids is 2. The Hall–Kier alpha value is -1.84. The smallest absolute Gasteiger partial charge is 0.254 e. The first-order valence-electron chi connectivity index (χ1n) is 6.36. The summed E-state index contributed by atoms with van der Waals surface area (Å²) in [4.78, 5) is 26.0. The monoisotopic (exact) mass is 246 g/mol. The highest BCUT2D eigenvalue weighted by Crippen LogP contribution is 2.24. The molecule has 0 radical (unpaired) electrons. The van der Waals surface area contributed by atoms with Crippen molar-refractivity contribution in [3.63, 3.8) is 0 Å². The van der Waals surface area contributed by atoms with E-state index in [1.807, 2.05) is 18.2 Å². The molecule has 0 spiro atoms. The summed E-state index contributed by atoms with van der Waals surface area (Å²) in [5.74, 6) is -0.216. The number of amides is 2. The van der Waals surface area contributed by atoms with Crippen LogP contribution in [0.5, 0.6) is 0 Å². The third kappa shape index (κ3) is 2.23. The zero-order valence-corrected chi connectivity index (χ0v) is 10.8. The van der Waals surface area contributed by atoms with E-state index in [1.54, 1.807) is 17.9 Å². The number of unbranched alkanes of at least 4 members (excludes halogenated alkanes) is 1. The van der Waals surface area contributed by atoms with Crippen LogP contribution in [0.15, 0.2) is 24.3 Å². The largest absolute Gasteiger partial charge is 0.340 e. The molecule has 1 unspecified atom stereocenters. The Morgan fingerprint density at radius 1 is 1.28 bits per heavy atom. The number of benzene rings is 1. The van der Waals surface area contributed by atoms with E-state index >= 15 is 0 Å². The predicted molar refractivity (Wildman–Crippen MR) is 70.6 cm³/mol. The molecule has 0 saturated carbocycles. The predicted octanol–water partition coefficient (Wildman–Crippen LogP) is 1.95. The van der Waals surface area contributed by atoms with E-state index in [1.165, 1.54) is 0 Å². The lowest BCUT2D eigenvalue weighted by atomic mass is 10.1. The van der Waals surface area contributed by atoms with E-state index in [2.05, 4.69) is 12.2 Å². The van der Waals surface area contributed by atoms with Gasteiger partial charge in [-0.05, 0) is 25.5 Å². The first kappa shape index (κ1) is 12.6. The van der Waals surface area contributed by atoms with Crippen molar-refractivity contribution in [2.75, 3.05) is 11.4 Å². The zero-order chi connectivity index (χ0) is 13.1. The van der Waals surface area contributed by atoms with Crippen molar-refractivity contribution in [1.29, 1.82) is 0 Å². The number of carbonyl (C=O) groups is 2. The second kappa shape index (κ2) is 5.21. The number of hydrogen-bond acceptors (Lipinski definition) is 2. The summed E-state index contributed by atoms with van der Waals surface area (Å²) in [5, 5.41) is 2.72. The second-order valence-electron chi connectivity index (χ2n) is 4.56. The molecule has 0 bridgehead atoms. The Morgan fingerprint density at radius 2 is 2.00 bits per heavy atom. The maximum Gasteiger partial charge on any atom is 0.254 e. The quantitative estimate of drug-likeness (QED) is 0.886. The van der Waals surface area contributed by atoms with Crippen LogP contribution in [0.1, 0.15) is 37.0 Å². The number of nitrogens with zero attached hydrogens (tertiary/aromatic N) is 1. The minimum Gasteiger partial charge on any atom is -0.340 e. The molecule has 1 aromatic carbocycles. The van der Waals surface area contributed by atoms with E-state index in [4.69, 9.17) is 0 Å². The van der Waals surface area contributed by atoms with E-state index in [0.29, 0.717) is 12.1 Å². The van der Waals surface area contributed by atoms with Crippen molar-refractivity contribution in [3.8, 4) is 0 Å². The molecular weight excluding hydrogens is 228 g/mol. The summed E-state index contributed by atoms with van der Waals surface area (Å²) in [6.07, 6.45) is 1.95. The van der Waals surface area contributed by atoms with Gasteiger partial charge in [0.25, 0.3) is 5.91 Å². The molecule has 0 fully saturated rings. The molecule has 18 heavy (non-hydrogen) atoms. The normalized spacial score (nSPS) is 19.2. The lowest BCUT2D eigenvalue weighted by Gasteiger charge is -2.23. The Labute approximate surface area is 107 Å². The van der Waals surface area contributed by atoms with Gasteiger partial charge in [0.05, 0.1) is 11.3 Å². The highest BCUT2D eigenvalue weighted by atomic mass is 16.2. The molecule has 4 heteroatoms. The molecule has 0 saturated heterocycles. The summed E-state index contributed by atoms with van der Waals surface area (Å²) in [7, 11) is 0. The van der Waals surface area contributed by atoms with Crippen LogP contribution in [-0.4, -0.2) is 24.4 Å². The van der Waals surface area contributed by atoms with Crippen molar-refractivity contribution in [2.45, 2.75) is 32.7 Å². The van der Waals surface area contributed by atoms with Gasteiger partial charge in [0.1, 0.15) is 6.04 Å². The summed E-state index contributed by atoms with van der Waals surface area (Å²) < 4.78 is 0. The van der Waals surface area contributed by atoms with Gasteiger partial charge in [-0.25, -0.2) is 0 Å². The van der Waals surface area contributed by atoms with Crippen molar-refractivity contribution in [1.82, 2.24) is 5.32 Å². The van der Waals surface area contributed by atoms with Crippen molar-refractivity contribution < 1.29 is 9.59 Å². The third-order valence-corrected chi connectivity index (χ3v) is 3.16. The summed E-state index contributed by atoms with van der Waals surface area (Å²) in [6.45, 7) is 4.47. The lowest BCUT2D eigenvalue weighted by Crippen LogP contribution is -2.44. The first-order valence-corrected chi connectivity index (χ1v) is 6.36. The Balaban J connectivity index is 2.43. The molecule has 1 heterocycles. The average molecular weight is 246 g/mol. The van der Waals surface area contributed by atoms with Crippen LogP contribution in [-0.2, 0) is 4.79 Å². The number of hydrogen-bond donors (Lipinski definition) is 1. The minimum absolute atomic E-state index is 0.0400. The highest BCUT2D eigenvalue weighted by Gasteiger charge is 2.30. The van der Waals surface area contributed by atoms with Crippen LogP contribution < -0.4 is 10.2 Å². The molecule has 1 aliphatic heterocycles. The van der Waals surface area contributed by atoms with Crippen molar-refractivity contribution >= 4 is 17.5 Å². The van der Waals surface area contributed by atoms with Gasteiger partial charge in [-0.3, -0.25) is 9.59 Å². The molecule has 1 N–H and O–H groups in total. The number of para-hydroxylation sites is 1. The van der Waals surface area contributed by atoms with Gasteiger partial charge >= 0.3 is 0 Å². The molecule has 1 atom stereocenters. The van der Waals surface area contributed by atoms with Crippen LogP contribution in [0.2, 0.25) is 0 Å². The second-order valence-corrected chi connectivity index (χ2v) is 4.56. The molecular formula is C14H18N2O2. The molecule has 0 aromatic heterocycles. The maximum absolute atomic E-state index is 12.3.